The Morgan fingerprint density at radius 2 is 2.04 bits per heavy atom. The predicted octanol–water partition coefficient (Wildman–Crippen LogP) is 3.02. The van der Waals surface area contributed by atoms with Gasteiger partial charge < -0.3 is 10.8 Å². The lowest BCUT2D eigenvalue weighted by Gasteiger charge is -2.59. The molecule has 5 rings (SSSR count). The summed E-state index contributed by atoms with van der Waals surface area (Å²) in [4.78, 5) is 11.9. The highest BCUT2D eigenvalue weighted by molar-refractivity contribution is 5.94. The van der Waals surface area contributed by atoms with Crippen molar-refractivity contribution in [1.29, 1.82) is 0 Å². The molecule has 0 aliphatic heterocycles. The van der Waals surface area contributed by atoms with Crippen LogP contribution in [0.5, 0.6) is 0 Å². The molecule has 0 heterocycles. The number of nitrogens with two attached hydrogens (primary N) is 1. The number of primary amides is 1. The summed E-state index contributed by atoms with van der Waals surface area (Å²) in [6.07, 6.45) is 10.1. The van der Waals surface area contributed by atoms with Crippen LogP contribution in [0.25, 0.3) is 0 Å². The van der Waals surface area contributed by atoms with Crippen LogP contribution < -0.4 is 5.73 Å². The number of hydrogen-bond acceptors (Lipinski definition) is 2. The zero-order chi connectivity index (χ0) is 16.2. The summed E-state index contributed by atoms with van der Waals surface area (Å²) in [7, 11) is 0. The zero-order valence-corrected chi connectivity index (χ0v) is 14.3. The second kappa shape index (κ2) is 4.04. The molecule has 5 aliphatic rings. The number of fused-ring (bicyclic) bond motifs is 4. The van der Waals surface area contributed by atoms with Gasteiger partial charge in [-0.1, -0.05) is 19.9 Å². The van der Waals surface area contributed by atoms with Crippen molar-refractivity contribution < 1.29 is 9.90 Å². The van der Waals surface area contributed by atoms with Crippen LogP contribution >= 0.6 is 0 Å². The number of hydrogen-bond donors (Lipinski definition) is 2. The predicted molar refractivity (Wildman–Crippen MR) is 88.2 cm³/mol. The number of allylic oxidation sites excluding steroid dienone is 1. The molecule has 126 valence electrons. The van der Waals surface area contributed by atoms with E-state index in [1.54, 1.807) is 0 Å². The van der Waals surface area contributed by atoms with Gasteiger partial charge in [0, 0.05) is 16.4 Å². The molecule has 0 bridgehead atoms. The van der Waals surface area contributed by atoms with Gasteiger partial charge in [0.15, 0.2) is 0 Å². The lowest BCUT2D eigenvalue weighted by molar-refractivity contribution is -0.144. The minimum atomic E-state index is -0.226. The van der Waals surface area contributed by atoms with Gasteiger partial charge in [-0.3, -0.25) is 4.79 Å². The first-order valence-electron chi connectivity index (χ1n) is 9.53. The van der Waals surface area contributed by atoms with E-state index in [1.165, 1.54) is 25.7 Å². The monoisotopic (exact) mass is 315 g/mol. The maximum atomic E-state index is 11.9. The van der Waals surface area contributed by atoms with E-state index in [0.29, 0.717) is 17.3 Å². The third kappa shape index (κ3) is 1.41. The highest BCUT2D eigenvalue weighted by Gasteiger charge is 2.76. The summed E-state index contributed by atoms with van der Waals surface area (Å²) in [5.41, 5.74) is 7.07. The molecule has 0 unspecified atom stereocenters. The van der Waals surface area contributed by atoms with Crippen LogP contribution in [0.4, 0.5) is 0 Å². The molecular formula is C20H29NO2. The third-order valence-electron chi connectivity index (χ3n) is 9.42. The van der Waals surface area contributed by atoms with Crippen molar-refractivity contribution in [2.75, 3.05) is 0 Å². The molecule has 8 atom stereocenters. The fourth-order valence-electron chi connectivity index (χ4n) is 8.26. The summed E-state index contributed by atoms with van der Waals surface area (Å²) in [5.74, 6) is 2.37. The van der Waals surface area contributed by atoms with Crippen LogP contribution in [0.2, 0.25) is 0 Å². The molecule has 4 saturated carbocycles. The molecule has 5 aliphatic carbocycles. The van der Waals surface area contributed by atoms with E-state index in [4.69, 9.17) is 5.73 Å². The van der Waals surface area contributed by atoms with Crippen molar-refractivity contribution in [2.24, 2.45) is 45.7 Å². The van der Waals surface area contributed by atoms with Crippen molar-refractivity contribution in [3.05, 3.63) is 11.6 Å². The third-order valence-corrected chi connectivity index (χ3v) is 9.42. The first kappa shape index (κ1) is 14.5. The van der Waals surface area contributed by atoms with Crippen LogP contribution in [-0.4, -0.2) is 17.1 Å². The highest BCUT2D eigenvalue weighted by Crippen LogP contribution is 2.81. The van der Waals surface area contributed by atoms with Gasteiger partial charge in [0.05, 0.1) is 6.10 Å². The van der Waals surface area contributed by atoms with Crippen LogP contribution in [0.1, 0.15) is 58.8 Å². The quantitative estimate of drug-likeness (QED) is 0.781. The van der Waals surface area contributed by atoms with Gasteiger partial charge in [-0.15, -0.1) is 0 Å². The van der Waals surface area contributed by atoms with Crippen LogP contribution in [0, 0.1) is 39.9 Å². The van der Waals surface area contributed by atoms with Crippen LogP contribution in [-0.2, 0) is 4.79 Å². The largest absolute Gasteiger partial charge is 0.393 e. The number of carbonyl (C=O) groups excluding carboxylic acids is 1. The Balaban J connectivity index is 1.53. The second-order valence-electron chi connectivity index (χ2n) is 9.70. The fourth-order valence-corrected chi connectivity index (χ4v) is 8.26. The molecule has 3 nitrogen and oxygen atoms in total. The molecule has 1 spiro atoms. The van der Waals surface area contributed by atoms with Crippen LogP contribution in [0.15, 0.2) is 11.6 Å². The van der Waals surface area contributed by atoms with E-state index in [2.05, 4.69) is 19.9 Å². The maximum absolute atomic E-state index is 11.9. The first-order chi connectivity index (χ1) is 10.8. The number of carbonyl (C=O) groups is 1. The normalized spacial score (nSPS) is 59.4. The summed E-state index contributed by atoms with van der Waals surface area (Å²) in [5, 5.41) is 11.1. The SMILES string of the molecule is C[C@]12CC[C@H]3[C@@H](C[C@@H](O)[C@]45C[C@H]4CC[C@]35C)[C@@H]1CC=C2C(N)=O. The number of aliphatic hydroxyl groups is 1. The Labute approximate surface area is 138 Å². The fraction of sp³-hybridized carbons (Fsp3) is 0.850. The Morgan fingerprint density at radius 1 is 1.26 bits per heavy atom. The first-order valence-corrected chi connectivity index (χ1v) is 9.53. The summed E-state index contributed by atoms with van der Waals surface area (Å²) < 4.78 is 0. The summed E-state index contributed by atoms with van der Waals surface area (Å²) in [6.45, 7) is 4.74. The van der Waals surface area contributed by atoms with Crippen LogP contribution in [0.3, 0.4) is 0 Å². The Kier molecular flexibility index (Phi) is 2.55. The Bertz CT molecular complexity index is 627. The van der Waals surface area contributed by atoms with E-state index in [9.17, 15) is 9.90 Å². The van der Waals surface area contributed by atoms with E-state index in [1.807, 2.05) is 0 Å². The average molecular weight is 315 g/mol. The van der Waals surface area contributed by atoms with E-state index < -0.39 is 0 Å². The minimum absolute atomic E-state index is 0.0465. The van der Waals surface area contributed by atoms with E-state index in [-0.39, 0.29) is 22.8 Å². The number of rotatable bonds is 1. The smallest absolute Gasteiger partial charge is 0.244 e. The molecule has 0 aromatic rings. The average Bonchev–Trinajstić information content (AvgIpc) is 3.01. The van der Waals surface area contributed by atoms with Crippen molar-refractivity contribution in [1.82, 2.24) is 0 Å². The molecule has 0 aromatic heterocycles. The second-order valence-corrected chi connectivity index (χ2v) is 9.70. The van der Waals surface area contributed by atoms with Crippen molar-refractivity contribution >= 4 is 5.91 Å². The lowest BCUT2D eigenvalue weighted by atomic mass is 9.45. The number of aliphatic hydroxyl groups excluding tert-OH is 1. The molecule has 3 heteroatoms. The molecule has 0 aromatic carbocycles. The molecular weight excluding hydrogens is 286 g/mol. The van der Waals surface area contributed by atoms with Gasteiger partial charge in [0.25, 0.3) is 0 Å². The zero-order valence-electron chi connectivity index (χ0n) is 14.3. The van der Waals surface area contributed by atoms with Gasteiger partial charge in [-0.25, -0.2) is 0 Å². The van der Waals surface area contributed by atoms with Gasteiger partial charge in [0.2, 0.25) is 5.91 Å². The van der Waals surface area contributed by atoms with Gasteiger partial charge in [0.1, 0.15) is 0 Å². The molecule has 3 N–H and O–H groups in total. The Morgan fingerprint density at radius 3 is 2.74 bits per heavy atom. The highest BCUT2D eigenvalue weighted by atomic mass is 16.3. The van der Waals surface area contributed by atoms with E-state index >= 15 is 0 Å². The number of amides is 1. The van der Waals surface area contributed by atoms with Crippen molar-refractivity contribution in [3.8, 4) is 0 Å². The van der Waals surface area contributed by atoms with Crippen molar-refractivity contribution in [2.45, 2.75) is 64.9 Å². The van der Waals surface area contributed by atoms with E-state index in [0.717, 1.165) is 36.7 Å². The maximum Gasteiger partial charge on any atom is 0.244 e. The lowest BCUT2D eigenvalue weighted by Crippen LogP contribution is -2.56. The van der Waals surface area contributed by atoms with Gasteiger partial charge in [-0.2, -0.15) is 0 Å². The van der Waals surface area contributed by atoms with Crippen molar-refractivity contribution in [3.63, 3.8) is 0 Å². The summed E-state index contributed by atoms with van der Waals surface area (Å²) >= 11 is 0. The van der Waals surface area contributed by atoms with Gasteiger partial charge in [-0.05, 0) is 74.0 Å². The molecule has 0 radical (unpaired) electrons. The minimum Gasteiger partial charge on any atom is -0.393 e. The topological polar surface area (TPSA) is 63.3 Å². The Hall–Kier alpha value is -0.830. The molecule has 0 saturated heterocycles. The molecule has 1 amide bonds. The summed E-state index contributed by atoms with van der Waals surface area (Å²) in [6, 6.07) is 0. The standard InChI is InChI=1S/C20H29NO2/c1-18-7-6-14-12(13(18)3-4-15(18)17(21)23)9-16(22)20-10-11(20)5-8-19(14,20)2/h4,11-14,16,22H,3,5-10H2,1-2H3,(H2,21,23)/t11-,12+,13+,14+,16-,18+,19-,20+/m1/s1. The molecule has 4 fully saturated rings. The molecule has 23 heavy (non-hydrogen) atoms. The van der Waals surface area contributed by atoms with Gasteiger partial charge >= 0.3 is 0 Å².